The molecular weight excluding hydrogens is 184 g/mol. The monoisotopic (exact) mass is 204 g/mol. The molecule has 1 heterocycles. The van der Waals surface area contributed by atoms with Gasteiger partial charge in [0.05, 0.1) is 5.69 Å². The van der Waals surface area contributed by atoms with E-state index in [0.29, 0.717) is 0 Å². The predicted molar refractivity (Wildman–Crippen MR) is 63.1 cm³/mol. The number of nitrogens with zero attached hydrogens (tertiary/aromatic N) is 2. The molecule has 0 saturated heterocycles. The first kappa shape index (κ1) is 10.5. The van der Waals surface area contributed by atoms with Gasteiger partial charge in [-0.2, -0.15) is 0 Å². The topological polar surface area (TPSA) is 17.8 Å². The normalized spacial score (nSPS) is 15.0. The summed E-state index contributed by atoms with van der Waals surface area (Å²) in [5.74, 6) is 1.27. The van der Waals surface area contributed by atoms with Gasteiger partial charge >= 0.3 is 0 Å². The molecular formula is C13H20N2. The highest BCUT2D eigenvalue weighted by molar-refractivity contribution is 5.20. The largest absolute Gasteiger partial charge is 0.331 e. The molecule has 1 aromatic heterocycles. The summed E-state index contributed by atoms with van der Waals surface area (Å²) in [4.78, 5) is 4.75. The van der Waals surface area contributed by atoms with Crippen LogP contribution in [0.5, 0.6) is 0 Å². The Labute approximate surface area is 92.0 Å². The van der Waals surface area contributed by atoms with E-state index in [-0.39, 0.29) is 0 Å². The van der Waals surface area contributed by atoms with Gasteiger partial charge in [0.1, 0.15) is 5.82 Å². The van der Waals surface area contributed by atoms with E-state index in [1.165, 1.54) is 42.9 Å². The van der Waals surface area contributed by atoms with E-state index >= 15 is 0 Å². The minimum atomic E-state index is 1.05. The van der Waals surface area contributed by atoms with Crippen molar-refractivity contribution in [1.29, 1.82) is 0 Å². The van der Waals surface area contributed by atoms with Crippen LogP contribution < -0.4 is 0 Å². The molecule has 0 atom stereocenters. The number of hydrogen-bond acceptors (Lipinski definition) is 1. The fourth-order valence-electron chi connectivity index (χ4n) is 2.41. The van der Waals surface area contributed by atoms with Crippen LogP contribution in [-0.4, -0.2) is 9.55 Å². The molecule has 1 aliphatic rings. The summed E-state index contributed by atoms with van der Waals surface area (Å²) in [6.45, 7) is 7.05. The maximum atomic E-state index is 4.75. The molecule has 0 aliphatic heterocycles. The zero-order valence-electron chi connectivity index (χ0n) is 9.63. The highest BCUT2D eigenvalue weighted by Gasteiger charge is 2.18. The molecule has 2 nitrogen and oxygen atoms in total. The Bertz CT molecular complexity index is 350. The molecule has 82 valence electrons. The van der Waals surface area contributed by atoms with Crippen LogP contribution in [0, 0.1) is 0 Å². The highest BCUT2D eigenvalue weighted by atomic mass is 15.1. The molecule has 0 saturated carbocycles. The summed E-state index contributed by atoms with van der Waals surface area (Å²) in [7, 11) is 0. The first-order chi connectivity index (χ1) is 7.36. The fourth-order valence-corrected chi connectivity index (χ4v) is 2.41. The van der Waals surface area contributed by atoms with E-state index in [1.807, 2.05) is 6.08 Å². The molecule has 0 unspecified atom stereocenters. The van der Waals surface area contributed by atoms with Gasteiger partial charge in [0.15, 0.2) is 0 Å². The molecule has 0 amide bonds. The van der Waals surface area contributed by atoms with Crippen molar-refractivity contribution >= 4 is 0 Å². The molecule has 2 rings (SSSR count). The lowest BCUT2D eigenvalue weighted by molar-refractivity contribution is 0.594. The Morgan fingerprint density at radius 1 is 1.40 bits per heavy atom. The summed E-state index contributed by atoms with van der Waals surface area (Å²) in [5.41, 5.74) is 2.86. The second kappa shape index (κ2) is 4.65. The Morgan fingerprint density at radius 2 is 2.20 bits per heavy atom. The van der Waals surface area contributed by atoms with E-state index in [2.05, 4.69) is 18.1 Å². The minimum Gasteiger partial charge on any atom is -0.331 e. The number of aryl methyl sites for hydroxylation is 2. The maximum Gasteiger partial charge on any atom is 0.108 e. The Hall–Kier alpha value is -1.05. The summed E-state index contributed by atoms with van der Waals surface area (Å²) >= 11 is 0. The lowest BCUT2D eigenvalue weighted by Crippen LogP contribution is -2.10. The van der Waals surface area contributed by atoms with Gasteiger partial charge in [0.2, 0.25) is 0 Å². The van der Waals surface area contributed by atoms with Crippen LogP contribution in [0.25, 0.3) is 0 Å². The van der Waals surface area contributed by atoms with E-state index in [0.717, 1.165) is 19.4 Å². The van der Waals surface area contributed by atoms with Crippen LogP contribution in [0.4, 0.5) is 0 Å². The molecule has 0 bridgehead atoms. The number of imidazole rings is 1. The Balaban J connectivity index is 2.30. The smallest absolute Gasteiger partial charge is 0.108 e. The Kier molecular flexibility index (Phi) is 3.24. The first-order valence-electron chi connectivity index (χ1n) is 6.04. The summed E-state index contributed by atoms with van der Waals surface area (Å²) in [5, 5.41) is 0. The van der Waals surface area contributed by atoms with Gasteiger partial charge in [-0.05, 0) is 32.1 Å². The highest BCUT2D eigenvalue weighted by Crippen LogP contribution is 2.22. The van der Waals surface area contributed by atoms with Gasteiger partial charge in [-0.1, -0.05) is 13.0 Å². The van der Waals surface area contributed by atoms with Crippen molar-refractivity contribution in [3.63, 3.8) is 0 Å². The molecule has 0 fully saturated rings. The van der Waals surface area contributed by atoms with Gasteiger partial charge in [0, 0.05) is 18.7 Å². The van der Waals surface area contributed by atoms with Crippen LogP contribution in [0.2, 0.25) is 0 Å². The van der Waals surface area contributed by atoms with Gasteiger partial charge in [0.25, 0.3) is 0 Å². The van der Waals surface area contributed by atoms with E-state index in [4.69, 9.17) is 4.98 Å². The van der Waals surface area contributed by atoms with Crippen molar-refractivity contribution in [2.75, 3.05) is 0 Å². The second-order valence-electron chi connectivity index (χ2n) is 4.21. The number of hydrogen-bond donors (Lipinski definition) is 0. The second-order valence-corrected chi connectivity index (χ2v) is 4.21. The van der Waals surface area contributed by atoms with Crippen LogP contribution in [0.3, 0.4) is 0 Å². The van der Waals surface area contributed by atoms with Crippen molar-refractivity contribution < 1.29 is 0 Å². The summed E-state index contributed by atoms with van der Waals surface area (Å²) in [6.07, 6.45) is 9.14. The van der Waals surface area contributed by atoms with Crippen molar-refractivity contribution in [3.05, 3.63) is 29.9 Å². The van der Waals surface area contributed by atoms with Crippen molar-refractivity contribution in [2.45, 2.75) is 52.0 Å². The third-order valence-corrected chi connectivity index (χ3v) is 3.18. The molecule has 0 N–H and O–H groups in total. The predicted octanol–water partition coefficient (Wildman–Crippen LogP) is 2.90. The Morgan fingerprint density at radius 3 is 2.93 bits per heavy atom. The van der Waals surface area contributed by atoms with Crippen LogP contribution in [0.15, 0.2) is 12.7 Å². The van der Waals surface area contributed by atoms with Crippen molar-refractivity contribution in [3.8, 4) is 0 Å². The lowest BCUT2D eigenvalue weighted by Gasteiger charge is -2.14. The zero-order chi connectivity index (χ0) is 10.7. The molecule has 0 radical (unpaired) electrons. The average Bonchev–Trinajstić information content (AvgIpc) is 2.64. The molecule has 1 aromatic rings. The van der Waals surface area contributed by atoms with E-state index in [9.17, 15) is 0 Å². The zero-order valence-corrected chi connectivity index (χ0v) is 9.63. The molecule has 2 heteroatoms. The number of allylic oxidation sites excluding steroid dienone is 1. The van der Waals surface area contributed by atoms with Crippen molar-refractivity contribution in [1.82, 2.24) is 9.55 Å². The lowest BCUT2D eigenvalue weighted by atomic mass is 10.0. The molecule has 1 aliphatic carbocycles. The van der Waals surface area contributed by atoms with Gasteiger partial charge in [-0.15, -0.1) is 6.58 Å². The SMILES string of the molecule is C=CCCn1c(CC)nc2c1CCCC2. The van der Waals surface area contributed by atoms with E-state index in [1.54, 1.807) is 0 Å². The molecule has 0 aromatic carbocycles. The van der Waals surface area contributed by atoms with Crippen LogP contribution in [0.1, 0.15) is 43.4 Å². The number of fused-ring (bicyclic) bond motifs is 1. The summed E-state index contributed by atoms with van der Waals surface area (Å²) in [6, 6.07) is 0. The average molecular weight is 204 g/mol. The third kappa shape index (κ3) is 1.99. The van der Waals surface area contributed by atoms with Crippen molar-refractivity contribution in [2.24, 2.45) is 0 Å². The van der Waals surface area contributed by atoms with E-state index < -0.39 is 0 Å². The first-order valence-corrected chi connectivity index (χ1v) is 6.04. The summed E-state index contributed by atoms with van der Waals surface area (Å²) < 4.78 is 2.43. The fraction of sp³-hybridized carbons (Fsp3) is 0.615. The van der Waals surface area contributed by atoms with Gasteiger partial charge in [-0.25, -0.2) is 4.98 Å². The minimum absolute atomic E-state index is 1.05. The third-order valence-electron chi connectivity index (χ3n) is 3.18. The molecule has 15 heavy (non-hydrogen) atoms. The number of rotatable bonds is 4. The molecule has 0 spiro atoms. The standard InChI is InChI=1S/C13H20N2/c1-3-5-10-15-12-9-7-6-8-11(12)14-13(15)4-2/h3H,1,4-10H2,2H3. The van der Waals surface area contributed by atoms with Crippen LogP contribution >= 0.6 is 0 Å². The van der Waals surface area contributed by atoms with Gasteiger partial charge in [-0.3, -0.25) is 0 Å². The quantitative estimate of drug-likeness (QED) is 0.690. The van der Waals surface area contributed by atoms with Crippen LogP contribution in [-0.2, 0) is 25.8 Å². The maximum absolute atomic E-state index is 4.75. The number of aromatic nitrogens is 2. The van der Waals surface area contributed by atoms with Gasteiger partial charge < -0.3 is 4.57 Å².